The fraction of sp³-hybridized carbons (Fsp3) is 0.250. The highest BCUT2D eigenvalue weighted by atomic mass is 32.2. The van der Waals surface area contributed by atoms with Crippen molar-refractivity contribution in [3.8, 4) is 0 Å². The third kappa shape index (κ3) is 5.45. The number of rotatable bonds is 7. The van der Waals surface area contributed by atoms with Gasteiger partial charge < -0.3 is 9.84 Å². The van der Waals surface area contributed by atoms with Crippen LogP contribution in [0.5, 0.6) is 0 Å². The van der Waals surface area contributed by atoms with Crippen molar-refractivity contribution in [3.63, 3.8) is 0 Å². The Kier molecular flexibility index (Phi) is 6.39. The summed E-state index contributed by atoms with van der Waals surface area (Å²) in [6.07, 6.45) is 2.80. The maximum Gasteiger partial charge on any atom is 0.254 e. The molecule has 3 rings (SSSR count). The van der Waals surface area contributed by atoms with Crippen LogP contribution >= 0.6 is 11.8 Å². The van der Waals surface area contributed by atoms with E-state index in [1.807, 2.05) is 19.9 Å². The van der Waals surface area contributed by atoms with E-state index >= 15 is 0 Å². The van der Waals surface area contributed by atoms with Crippen LogP contribution in [-0.2, 0) is 15.6 Å². The summed E-state index contributed by atoms with van der Waals surface area (Å²) in [4.78, 5) is 17.4. The smallest absolute Gasteiger partial charge is 0.254 e. The number of benzene rings is 1. The summed E-state index contributed by atoms with van der Waals surface area (Å²) in [6.45, 7) is 3.67. The number of sulfone groups is 1. The Labute approximate surface area is 173 Å². The first-order chi connectivity index (χ1) is 13.7. The topological polar surface area (TPSA) is 102 Å². The molecule has 0 bridgehead atoms. The number of hydrogen-bond acceptors (Lipinski definition) is 7. The molecular weight excluding hydrogens is 410 g/mol. The van der Waals surface area contributed by atoms with Crippen LogP contribution in [0.3, 0.4) is 0 Å². The van der Waals surface area contributed by atoms with Gasteiger partial charge in [0.25, 0.3) is 5.91 Å². The monoisotopic (exact) mass is 431 g/mol. The molecule has 7 nitrogen and oxygen atoms in total. The summed E-state index contributed by atoms with van der Waals surface area (Å²) in [7, 11) is -3.25. The highest BCUT2D eigenvalue weighted by Crippen LogP contribution is 2.25. The maximum atomic E-state index is 12.8. The summed E-state index contributed by atoms with van der Waals surface area (Å²) in [6, 6.07) is 11.5. The fourth-order valence-electron chi connectivity index (χ4n) is 2.67. The second-order valence-corrected chi connectivity index (χ2v) is 9.59. The molecule has 1 N–H and O–H groups in total. The van der Waals surface area contributed by atoms with Crippen LogP contribution in [0.25, 0.3) is 0 Å². The SMILES string of the molecule is Cc1cc(CSc2ncccc2C(=O)NC(C)c2ccc(S(C)(=O)=O)cc2)no1. The van der Waals surface area contributed by atoms with Gasteiger partial charge in [-0.1, -0.05) is 29.1 Å². The lowest BCUT2D eigenvalue weighted by Gasteiger charge is -2.16. The summed E-state index contributed by atoms with van der Waals surface area (Å²) < 4.78 is 28.2. The molecule has 1 atom stereocenters. The minimum atomic E-state index is -3.25. The number of nitrogens with one attached hydrogen (secondary N) is 1. The summed E-state index contributed by atoms with van der Waals surface area (Å²) in [5.41, 5.74) is 2.06. The lowest BCUT2D eigenvalue weighted by Crippen LogP contribution is -2.27. The van der Waals surface area contributed by atoms with E-state index in [1.54, 1.807) is 42.6 Å². The number of nitrogens with zero attached hydrogens (tertiary/aromatic N) is 2. The molecule has 1 amide bonds. The van der Waals surface area contributed by atoms with Crippen LogP contribution in [0.4, 0.5) is 0 Å². The van der Waals surface area contributed by atoms with Crippen molar-refractivity contribution >= 4 is 27.5 Å². The zero-order valence-corrected chi connectivity index (χ0v) is 17.9. The van der Waals surface area contributed by atoms with Gasteiger partial charge in [0.1, 0.15) is 10.8 Å². The van der Waals surface area contributed by atoms with Crippen molar-refractivity contribution in [1.82, 2.24) is 15.5 Å². The molecule has 0 spiro atoms. The molecule has 2 heterocycles. The zero-order chi connectivity index (χ0) is 21.0. The number of amides is 1. The second kappa shape index (κ2) is 8.79. The van der Waals surface area contributed by atoms with E-state index < -0.39 is 9.84 Å². The Balaban J connectivity index is 1.70. The molecule has 0 radical (unpaired) electrons. The quantitative estimate of drug-likeness (QED) is 0.571. The Bertz CT molecular complexity index is 1110. The maximum absolute atomic E-state index is 12.8. The molecular formula is C20H21N3O4S2. The lowest BCUT2D eigenvalue weighted by molar-refractivity contribution is 0.0936. The number of aryl methyl sites for hydroxylation is 1. The number of aromatic nitrogens is 2. The summed E-state index contributed by atoms with van der Waals surface area (Å²) in [5.74, 6) is 1.02. The lowest BCUT2D eigenvalue weighted by atomic mass is 10.1. The normalized spacial score (nSPS) is 12.5. The van der Waals surface area contributed by atoms with Crippen molar-refractivity contribution in [1.29, 1.82) is 0 Å². The standard InChI is InChI=1S/C20H21N3O4S2/c1-13-11-16(23-27-13)12-28-20-18(5-4-10-21-20)19(24)22-14(2)15-6-8-17(9-7-15)29(3,25)26/h4-11,14H,12H2,1-3H3,(H,22,24). The third-order valence-corrected chi connectivity index (χ3v) is 6.37. The molecule has 0 aliphatic rings. The van der Waals surface area contributed by atoms with Crippen LogP contribution in [0.2, 0.25) is 0 Å². The van der Waals surface area contributed by atoms with Gasteiger partial charge >= 0.3 is 0 Å². The summed E-state index contributed by atoms with van der Waals surface area (Å²) in [5, 5.41) is 7.49. The van der Waals surface area contributed by atoms with Gasteiger partial charge in [-0.15, -0.1) is 0 Å². The van der Waals surface area contributed by atoms with Crippen LogP contribution in [0.15, 0.2) is 63.1 Å². The molecule has 0 saturated heterocycles. The van der Waals surface area contributed by atoms with Crippen LogP contribution in [-0.4, -0.2) is 30.7 Å². The average molecular weight is 432 g/mol. The Morgan fingerprint density at radius 1 is 1.24 bits per heavy atom. The second-order valence-electron chi connectivity index (χ2n) is 6.61. The van der Waals surface area contributed by atoms with E-state index in [2.05, 4.69) is 15.5 Å². The fourth-order valence-corrected chi connectivity index (χ4v) is 4.17. The van der Waals surface area contributed by atoms with Crippen molar-refractivity contribution < 1.29 is 17.7 Å². The molecule has 0 aliphatic carbocycles. The van der Waals surface area contributed by atoms with E-state index in [1.165, 1.54) is 11.8 Å². The molecule has 0 aliphatic heterocycles. The highest BCUT2D eigenvalue weighted by Gasteiger charge is 2.17. The first kappa shape index (κ1) is 21.1. The largest absolute Gasteiger partial charge is 0.361 e. The van der Waals surface area contributed by atoms with Crippen LogP contribution < -0.4 is 5.32 Å². The molecule has 152 valence electrons. The molecule has 0 saturated carbocycles. The third-order valence-electron chi connectivity index (χ3n) is 4.21. The van der Waals surface area contributed by atoms with Gasteiger partial charge in [0.15, 0.2) is 9.84 Å². The van der Waals surface area contributed by atoms with E-state index in [0.717, 1.165) is 23.3 Å². The molecule has 9 heteroatoms. The van der Waals surface area contributed by atoms with Crippen molar-refractivity contribution in [2.24, 2.45) is 0 Å². The van der Waals surface area contributed by atoms with Gasteiger partial charge in [-0.05, 0) is 43.7 Å². The van der Waals surface area contributed by atoms with Gasteiger partial charge in [0.05, 0.1) is 22.2 Å². The Hall–Kier alpha value is -2.65. The Morgan fingerprint density at radius 2 is 1.97 bits per heavy atom. The van der Waals surface area contributed by atoms with Gasteiger partial charge in [0, 0.05) is 24.3 Å². The molecule has 0 fully saturated rings. The van der Waals surface area contributed by atoms with Crippen molar-refractivity contribution in [2.75, 3.05) is 6.26 Å². The zero-order valence-electron chi connectivity index (χ0n) is 16.2. The van der Waals surface area contributed by atoms with Crippen LogP contribution in [0.1, 0.15) is 40.3 Å². The Morgan fingerprint density at radius 3 is 2.59 bits per heavy atom. The molecule has 1 aromatic carbocycles. The minimum Gasteiger partial charge on any atom is -0.361 e. The van der Waals surface area contributed by atoms with Crippen LogP contribution in [0, 0.1) is 6.92 Å². The van der Waals surface area contributed by atoms with E-state index in [9.17, 15) is 13.2 Å². The van der Waals surface area contributed by atoms with Crippen molar-refractivity contribution in [2.45, 2.75) is 35.6 Å². The summed E-state index contributed by atoms with van der Waals surface area (Å²) >= 11 is 1.41. The van der Waals surface area contributed by atoms with Gasteiger partial charge in [0.2, 0.25) is 0 Å². The number of thioether (sulfide) groups is 1. The number of pyridine rings is 1. The molecule has 3 aromatic rings. The number of carbonyl (C=O) groups excluding carboxylic acids is 1. The first-order valence-corrected chi connectivity index (χ1v) is 11.7. The van der Waals surface area contributed by atoms with E-state index in [4.69, 9.17) is 4.52 Å². The van der Waals surface area contributed by atoms with Gasteiger partial charge in [-0.2, -0.15) is 0 Å². The molecule has 29 heavy (non-hydrogen) atoms. The van der Waals surface area contributed by atoms with Crippen molar-refractivity contribution in [3.05, 3.63) is 71.2 Å². The first-order valence-electron chi connectivity index (χ1n) is 8.85. The minimum absolute atomic E-state index is 0.244. The van der Waals surface area contributed by atoms with E-state index in [0.29, 0.717) is 16.3 Å². The number of hydrogen-bond donors (Lipinski definition) is 1. The van der Waals surface area contributed by atoms with E-state index in [-0.39, 0.29) is 16.8 Å². The average Bonchev–Trinajstić information content (AvgIpc) is 3.11. The molecule has 1 unspecified atom stereocenters. The predicted octanol–water partition coefficient (Wildman–Crippen LogP) is 3.56. The predicted molar refractivity (Wildman–Crippen MR) is 110 cm³/mol. The highest BCUT2D eigenvalue weighted by molar-refractivity contribution is 7.98. The molecule has 2 aromatic heterocycles. The van der Waals surface area contributed by atoms with Gasteiger partial charge in [-0.25, -0.2) is 13.4 Å². The van der Waals surface area contributed by atoms with Gasteiger partial charge in [-0.3, -0.25) is 4.79 Å². The number of carbonyl (C=O) groups is 1.